The summed E-state index contributed by atoms with van der Waals surface area (Å²) in [4.78, 5) is 25.6. The fraction of sp³-hybridized carbons (Fsp3) is 0.250. The molecule has 150 valence electrons. The molecule has 0 aliphatic rings. The highest BCUT2D eigenvalue weighted by atomic mass is 16.6. The van der Waals surface area contributed by atoms with Gasteiger partial charge in [-0.3, -0.25) is 4.79 Å². The molecule has 0 spiro atoms. The predicted molar refractivity (Wildman–Crippen MR) is 116 cm³/mol. The van der Waals surface area contributed by atoms with Crippen molar-refractivity contribution in [1.29, 1.82) is 0 Å². The van der Waals surface area contributed by atoms with E-state index in [1.807, 2.05) is 61.5 Å². The Morgan fingerprint density at radius 1 is 0.897 bits per heavy atom. The molecule has 29 heavy (non-hydrogen) atoms. The van der Waals surface area contributed by atoms with E-state index in [2.05, 4.69) is 10.6 Å². The number of aryl methyl sites for hydroxylation is 1. The Morgan fingerprint density at radius 3 is 2.24 bits per heavy atom. The third kappa shape index (κ3) is 5.13. The van der Waals surface area contributed by atoms with Crippen LogP contribution in [0.5, 0.6) is 0 Å². The number of carbonyl (C=O) groups excluding carboxylic acids is 2. The zero-order valence-corrected chi connectivity index (χ0v) is 17.2. The van der Waals surface area contributed by atoms with Gasteiger partial charge in [-0.15, -0.1) is 0 Å². The van der Waals surface area contributed by atoms with Gasteiger partial charge in [-0.25, -0.2) is 4.79 Å². The topological polar surface area (TPSA) is 67.4 Å². The zero-order chi connectivity index (χ0) is 21.0. The first kappa shape index (κ1) is 20.4. The Hall–Kier alpha value is -3.34. The second-order valence-electron chi connectivity index (χ2n) is 7.96. The van der Waals surface area contributed by atoms with Gasteiger partial charge in [0.05, 0.1) is 5.69 Å². The fourth-order valence-electron chi connectivity index (χ4n) is 3.11. The van der Waals surface area contributed by atoms with Crippen LogP contribution >= 0.6 is 0 Å². The number of hydrogen-bond acceptors (Lipinski definition) is 3. The molecule has 0 aromatic heterocycles. The molecule has 5 heteroatoms. The van der Waals surface area contributed by atoms with Crippen LogP contribution in [-0.2, 0) is 9.53 Å². The predicted octanol–water partition coefficient (Wildman–Crippen LogP) is 5.35. The lowest BCUT2D eigenvalue weighted by Gasteiger charge is -2.24. The molecule has 1 atom stereocenters. The van der Waals surface area contributed by atoms with E-state index < -0.39 is 17.7 Å². The van der Waals surface area contributed by atoms with Crippen LogP contribution in [0, 0.1) is 6.92 Å². The maximum atomic E-state index is 13.2. The minimum atomic E-state index is -0.885. The summed E-state index contributed by atoms with van der Waals surface area (Å²) >= 11 is 0. The van der Waals surface area contributed by atoms with Gasteiger partial charge in [0.25, 0.3) is 5.91 Å². The van der Waals surface area contributed by atoms with Crippen LogP contribution in [0.1, 0.15) is 37.9 Å². The van der Waals surface area contributed by atoms with Crippen molar-refractivity contribution in [2.75, 3.05) is 5.32 Å². The first-order valence-electron chi connectivity index (χ1n) is 9.58. The highest BCUT2D eigenvalue weighted by Crippen LogP contribution is 2.28. The summed E-state index contributed by atoms with van der Waals surface area (Å²) in [5, 5.41) is 7.70. The van der Waals surface area contributed by atoms with E-state index in [1.54, 1.807) is 32.9 Å². The molecule has 1 unspecified atom stereocenters. The molecule has 0 saturated carbocycles. The summed E-state index contributed by atoms with van der Waals surface area (Å²) in [5.74, 6) is -0.332. The SMILES string of the molecule is Cc1ccc2ccccc2c1NC(=O)C(NC(=O)OC(C)(C)C)c1ccccc1. The van der Waals surface area contributed by atoms with E-state index in [4.69, 9.17) is 4.74 Å². The van der Waals surface area contributed by atoms with E-state index in [-0.39, 0.29) is 5.91 Å². The third-order valence-corrected chi connectivity index (χ3v) is 4.44. The van der Waals surface area contributed by atoms with Gasteiger partial charge in [0.2, 0.25) is 0 Å². The molecule has 0 heterocycles. The highest BCUT2D eigenvalue weighted by molar-refractivity contribution is 6.05. The number of carbonyl (C=O) groups is 2. The van der Waals surface area contributed by atoms with Gasteiger partial charge in [0.1, 0.15) is 11.6 Å². The number of anilines is 1. The number of amides is 2. The summed E-state index contributed by atoms with van der Waals surface area (Å²) < 4.78 is 5.35. The largest absolute Gasteiger partial charge is 0.444 e. The molecule has 2 amide bonds. The second kappa shape index (κ2) is 8.35. The first-order valence-corrected chi connectivity index (χ1v) is 9.58. The van der Waals surface area contributed by atoms with Crippen LogP contribution in [0.25, 0.3) is 10.8 Å². The number of alkyl carbamates (subject to hydrolysis) is 1. The Kier molecular flexibility index (Phi) is 5.87. The molecular weight excluding hydrogens is 364 g/mol. The standard InChI is InChI=1S/C24H26N2O3/c1-16-14-15-17-10-8-9-13-19(17)20(16)25-22(27)21(18-11-6-5-7-12-18)26-23(28)29-24(2,3)4/h5-15,21H,1-4H3,(H,25,27)(H,26,28). The van der Waals surface area contributed by atoms with E-state index in [1.165, 1.54) is 0 Å². The lowest BCUT2D eigenvalue weighted by Crippen LogP contribution is -2.40. The Balaban J connectivity index is 1.92. The Labute approximate surface area is 171 Å². The van der Waals surface area contributed by atoms with E-state index in [0.29, 0.717) is 5.56 Å². The van der Waals surface area contributed by atoms with Crippen molar-refractivity contribution in [2.24, 2.45) is 0 Å². The second-order valence-corrected chi connectivity index (χ2v) is 7.96. The van der Waals surface area contributed by atoms with Crippen molar-refractivity contribution in [1.82, 2.24) is 5.32 Å². The van der Waals surface area contributed by atoms with Gasteiger partial charge in [-0.1, -0.05) is 66.7 Å². The lowest BCUT2D eigenvalue weighted by molar-refractivity contribution is -0.118. The summed E-state index contributed by atoms with van der Waals surface area (Å²) in [7, 11) is 0. The maximum Gasteiger partial charge on any atom is 0.408 e. The average molecular weight is 390 g/mol. The zero-order valence-electron chi connectivity index (χ0n) is 17.2. The number of fused-ring (bicyclic) bond motifs is 1. The van der Waals surface area contributed by atoms with Crippen LogP contribution in [0.15, 0.2) is 66.7 Å². The van der Waals surface area contributed by atoms with Crippen molar-refractivity contribution >= 4 is 28.5 Å². The number of ether oxygens (including phenoxy) is 1. The van der Waals surface area contributed by atoms with Crippen LogP contribution in [0.3, 0.4) is 0 Å². The van der Waals surface area contributed by atoms with Crippen molar-refractivity contribution in [3.05, 3.63) is 77.9 Å². The minimum absolute atomic E-state index is 0.332. The van der Waals surface area contributed by atoms with Gasteiger partial charge in [-0.05, 0) is 44.2 Å². The molecule has 3 rings (SSSR count). The summed E-state index contributed by atoms with van der Waals surface area (Å²) in [6, 6.07) is 20.1. The van der Waals surface area contributed by atoms with Gasteiger partial charge in [-0.2, -0.15) is 0 Å². The summed E-state index contributed by atoms with van der Waals surface area (Å²) in [5.41, 5.74) is 1.70. The molecule has 0 saturated heterocycles. The average Bonchev–Trinajstić information content (AvgIpc) is 2.67. The van der Waals surface area contributed by atoms with Gasteiger partial charge in [0, 0.05) is 5.39 Å². The number of benzene rings is 3. The number of nitrogens with one attached hydrogen (secondary N) is 2. The number of rotatable bonds is 4. The maximum absolute atomic E-state index is 13.2. The van der Waals surface area contributed by atoms with Gasteiger partial charge < -0.3 is 15.4 Å². The quantitative estimate of drug-likeness (QED) is 0.631. The highest BCUT2D eigenvalue weighted by Gasteiger charge is 2.26. The van der Waals surface area contributed by atoms with Crippen LogP contribution in [0.4, 0.5) is 10.5 Å². The fourth-order valence-corrected chi connectivity index (χ4v) is 3.11. The van der Waals surface area contributed by atoms with Crippen LogP contribution < -0.4 is 10.6 Å². The van der Waals surface area contributed by atoms with Crippen molar-refractivity contribution in [2.45, 2.75) is 39.3 Å². The van der Waals surface area contributed by atoms with Crippen LogP contribution in [-0.4, -0.2) is 17.6 Å². The summed E-state index contributed by atoms with van der Waals surface area (Å²) in [6.07, 6.45) is -0.642. The molecule has 0 bridgehead atoms. The lowest BCUT2D eigenvalue weighted by atomic mass is 10.0. The van der Waals surface area contributed by atoms with E-state index >= 15 is 0 Å². The van der Waals surface area contributed by atoms with Crippen molar-refractivity contribution in [3.63, 3.8) is 0 Å². The van der Waals surface area contributed by atoms with Crippen molar-refractivity contribution in [3.8, 4) is 0 Å². The molecule has 0 fully saturated rings. The smallest absolute Gasteiger partial charge is 0.408 e. The van der Waals surface area contributed by atoms with Gasteiger partial charge in [0.15, 0.2) is 0 Å². The molecular formula is C24H26N2O3. The first-order chi connectivity index (χ1) is 13.7. The summed E-state index contributed by atoms with van der Waals surface area (Å²) in [6.45, 7) is 7.29. The number of hydrogen-bond donors (Lipinski definition) is 2. The van der Waals surface area contributed by atoms with Crippen LogP contribution in [0.2, 0.25) is 0 Å². The molecule has 2 N–H and O–H groups in total. The van der Waals surface area contributed by atoms with E-state index in [9.17, 15) is 9.59 Å². The molecule has 3 aromatic carbocycles. The molecule has 5 nitrogen and oxygen atoms in total. The Bertz CT molecular complexity index is 1020. The van der Waals surface area contributed by atoms with Gasteiger partial charge >= 0.3 is 6.09 Å². The molecule has 3 aromatic rings. The monoisotopic (exact) mass is 390 g/mol. The molecule has 0 aliphatic heterocycles. The van der Waals surface area contributed by atoms with Crippen molar-refractivity contribution < 1.29 is 14.3 Å². The molecule has 0 aliphatic carbocycles. The molecule has 0 radical (unpaired) electrons. The normalized spacial score (nSPS) is 12.3. The third-order valence-electron chi connectivity index (χ3n) is 4.44. The minimum Gasteiger partial charge on any atom is -0.444 e. The Morgan fingerprint density at radius 2 is 1.55 bits per heavy atom. The van der Waals surface area contributed by atoms with E-state index in [0.717, 1.165) is 22.0 Å².